The van der Waals surface area contributed by atoms with Crippen LogP contribution in [0.1, 0.15) is 0 Å². The third kappa shape index (κ3) is 0.0851. The van der Waals surface area contributed by atoms with Gasteiger partial charge in [0.15, 0.2) is 0 Å². The molecule has 0 saturated carbocycles. The first-order valence-corrected chi connectivity index (χ1v) is 1.76. The van der Waals surface area contributed by atoms with Crippen LogP contribution in [0.25, 0.3) is 0 Å². The Morgan fingerprint density at radius 1 is 1.83 bits per heavy atom. The zero-order valence-electron chi connectivity index (χ0n) is 2.92. The van der Waals surface area contributed by atoms with E-state index in [0.29, 0.717) is 0 Å². The summed E-state index contributed by atoms with van der Waals surface area (Å²) in [4.78, 5) is 9.88. The van der Waals surface area contributed by atoms with E-state index < -0.39 is 6.29 Å². The van der Waals surface area contributed by atoms with Crippen LogP contribution in [0.5, 0.6) is 0 Å². The Morgan fingerprint density at radius 2 is 2.33 bits per heavy atom. The van der Waals surface area contributed by atoms with Crippen LogP contribution in [0.3, 0.4) is 0 Å². The molecule has 3 nitrogen and oxygen atoms in total. The lowest BCUT2D eigenvalue weighted by Gasteiger charge is -1.76. The molecule has 2 heterocycles. The Bertz CT molecular complexity index is 107. The number of carbonyl (C=O) groups excluding carboxylic acids is 1. The first kappa shape index (κ1) is 2.58. The molecule has 0 spiro atoms. The van der Waals surface area contributed by atoms with Gasteiger partial charge in [0.05, 0.1) is 4.79 Å². The molecule has 2 saturated heterocycles. The second kappa shape index (κ2) is 0.399. The van der Waals surface area contributed by atoms with Gasteiger partial charge in [0.2, 0.25) is 0 Å². The maximum atomic E-state index is 9.88. The second-order valence-corrected chi connectivity index (χ2v) is 1.50. The molecule has 0 unspecified atom stereocenters. The summed E-state index contributed by atoms with van der Waals surface area (Å²) in [6.45, 7) is 0. The van der Waals surface area contributed by atoms with Crippen LogP contribution in [0, 0.1) is 0 Å². The highest BCUT2D eigenvalue weighted by atomic mass is 17.0. The van der Waals surface area contributed by atoms with Crippen LogP contribution in [0.15, 0.2) is 0 Å². The minimum absolute atomic E-state index is 0.0162. The van der Waals surface area contributed by atoms with Crippen molar-refractivity contribution in [2.45, 2.75) is 12.4 Å². The average molecular weight is 87.1 g/mol. The van der Waals surface area contributed by atoms with Crippen LogP contribution < -0.4 is 0 Å². The Balaban J connectivity index is 2.22. The molecule has 2 fully saturated rings. The van der Waals surface area contributed by atoms with Gasteiger partial charge >= 0.3 is 18.4 Å². The van der Waals surface area contributed by atoms with Gasteiger partial charge in [-0.05, 0) is 0 Å². The van der Waals surface area contributed by atoms with Gasteiger partial charge in [-0.25, -0.2) is 0 Å². The topological polar surface area (TPSA) is 40.0 Å². The van der Waals surface area contributed by atoms with E-state index in [1.165, 1.54) is 0 Å². The number of hydrogen-bond acceptors (Lipinski definition) is 2. The van der Waals surface area contributed by atoms with E-state index in [1.54, 1.807) is 0 Å². The molecule has 0 bridgehead atoms. The standard InChI is InChI=1S/C3H3O3/c4-2-1-3(5)6(1)2/h1-2,4H/q+1/t1-,2+/m0/s1. The lowest BCUT2D eigenvalue weighted by molar-refractivity contribution is -0.138. The van der Waals surface area contributed by atoms with Crippen LogP contribution >= 0.6 is 0 Å². The van der Waals surface area contributed by atoms with Crippen LogP contribution in [-0.4, -0.2) is 23.5 Å². The van der Waals surface area contributed by atoms with E-state index in [-0.39, 0.29) is 12.1 Å². The molecule has 2 aliphatic rings. The van der Waals surface area contributed by atoms with Crippen LogP contribution in [0.2, 0.25) is 0 Å². The molecular formula is C3H3O3+. The zero-order valence-corrected chi connectivity index (χ0v) is 2.92. The number of epoxide rings is 2. The zero-order chi connectivity index (χ0) is 4.31. The third-order valence-electron chi connectivity index (χ3n) is 1.12. The molecule has 2 rings (SSSR count). The minimum Gasteiger partial charge on any atom is -0.493 e. The molecule has 2 atom stereocenters. The summed E-state index contributed by atoms with van der Waals surface area (Å²) < 4.78 is 2.07. The van der Waals surface area contributed by atoms with Crippen molar-refractivity contribution in [1.82, 2.24) is 0 Å². The molecular weight excluding hydrogens is 84.0 g/mol. The Morgan fingerprint density at radius 3 is 2.33 bits per heavy atom. The van der Waals surface area contributed by atoms with E-state index >= 15 is 0 Å². The summed E-state index contributed by atoms with van der Waals surface area (Å²) in [5, 5.41) is 8.32. The summed E-state index contributed by atoms with van der Waals surface area (Å²) in [6, 6.07) is 0. The van der Waals surface area contributed by atoms with E-state index in [1.807, 2.05) is 0 Å². The lowest BCUT2D eigenvalue weighted by atomic mass is 10.5. The van der Waals surface area contributed by atoms with E-state index in [9.17, 15) is 4.79 Å². The largest absolute Gasteiger partial charge is 0.595 e. The van der Waals surface area contributed by atoms with Gasteiger partial charge in [-0.1, -0.05) is 0 Å². The summed E-state index contributed by atoms with van der Waals surface area (Å²) in [7, 11) is 0. The van der Waals surface area contributed by atoms with Crippen molar-refractivity contribution in [1.29, 1.82) is 0 Å². The summed E-state index contributed by atoms with van der Waals surface area (Å²) >= 11 is 0. The second-order valence-electron chi connectivity index (χ2n) is 1.50. The molecule has 1 N–H and O–H groups in total. The van der Waals surface area contributed by atoms with Crippen molar-refractivity contribution < 1.29 is 14.3 Å². The number of rotatable bonds is 0. The van der Waals surface area contributed by atoms with Gasteiger partial charge in [-0.2, -0.15) is 0 Å². The molecule has 0 aliphatic carbocycles. The predicted octanol–water partition coefficient (Wildman–Crippen LogP) is -1.22. The van der Waals surface area contributed by atoms with E-state index in [4.69, 9.17) is 5.11 Å². The molecule has 0 amide bonds. The highest BCUT2D eigenvalue weighted by Gasteiger charge is 2.85. The number of carbonyl (C=O) groups is 1. The minimum atomic E-state index is -0.475. The molecule has 6 heavy (non-hydrogen) atoms. The Hall–Kier alpha value is -0.570. The summed E-state index contributed by atoms with van der Waals surface area (Å²) in [6.07, 6.45) is -0.623. The lowest BCUT2D eigenvalue weighted by Crippen LogP contribution is -2.04. The monoisotopic (exact) mass is 87.0 g/mol. The maximum Gasteiger partial charge on any atom is 0.595 e. The van der Waals surface area contributed by atoms with Crippen LogP contribution in [0.4, 0.5) is 0 Å². The number of hydrogen-bond donors (Lipinski definition) is 1. The molecule has 0 aromatic heterocycles. The quantitative estimate of drug-likeness (QED) is 0.228. The molecule has 2 aliphatic heterocycles. The van der Waals surface area contributed by atoms with E-state index in [0.717, 1.165) is 0 Å². The molecule has 0 aromatic carbocycles. The SMILES string of the molecule is O=C1[C@@H]2[C@H](O)[O+]12. The first-order valence-electron chi connectivity index (χ1n) is 1.76. The average Bonchev–Trinajstić information content (AvgIpc) is 2.28. The predicted molar refractivity (Wildman–Crippen MR) is 15.9 cm³/mol. The van der Waals surface area contributed by atoms with Gasteiger partial charge in [-0.3, -0.25) is 0 Å². The fourth-order valence-electron chi connectivity index (χ4n) is 0.546. The Kier molecular flexibility index (Phi) is 0.171. The van der Waals surface area contributed by atoms with Gasteiger partial charge in [0, 0.05) is 0 Å². The number of aliphatic hydroxyl groups is 1. The van der Waals surface area contributed by atoms with Gasteiger partial charge in [0.25, 0.3) is 0 Å². The van der Waals surface area contributed by atoms with Crippen molar-refractivity contribution in [3.63, 3.8) is 0 Å². The molecule has 0 radical (unpaired) electrons. The van der Waals surface area contributed by atoms with Crippen molar-refractivity contribution >= 4 is 5.97 Å². The highest BCUT2D eigenvalue weighted by molar-refractivity contribution is 5.97. The molecule has 32 valence electrons. The van der Waals surface area contributed by atoms with Crippen molar-refractivity contribution in [3.05, 3.63) is 0 Å². The summed E-state index contributed by atoms with van der Waals surface area (Å²) in [5.41, 5.74) is 0. The van der Waals surface area contributed by atoms with E-state index in [2.05, 4.69) is 4.37 Å². The molecule has 0 aromatic rings. The normalized spacial score (nSPS) is 48.8. The molecule has 3 heteroatoms. The highest BCUT2D eigenvalue weighted by Crippen LogP contribution is 2.49. The smallest absolute Gasteiger partial charge is 0.493 e. The maximum absolute atomic E-state index is 9.88. The van der Waals surface area contributed by atoms with Crippen molar-refractivity contribution in [2.75, 3.05) is 0 Å². The third-order valence-corrected chi connectivity index (χ3v) is 1.12. The van der Waals surface area contributed by atoms with Crippen molar-refractivity contribution in [2.24, 2.45) is 0 Å². The fraction of sp³-hybridized carbons (Fsp3) is 0.667. The van der Waals surface area contributed by atoms with Crippen LogP contribution in [-0.2, 0) is 9.16 Å². The first-order chi connectivity index (χ1) is 2.82. The Labute approximate surface area is 33.8 Å². The number of aliphatic hydroxyl groups excluding tert-OH is 1. The summed E-state index contributed by atoms with van der Waals surface area (Å²) in [5.74, 6) is 0.0162. The fourth-order valence-corrected chi connectivity index (χ4v) is 0.546. The van der Waals surface area contributed by atoms with Crippen molar-refractivity contribution in [3.8, 4) is 0 Å². The number of fused-ring (bicyclic) bond motifs is 1. The van der Waals surface area contributed by atoms with Gasteiger partial charge in [0.1, 0.15) is 0 Å². The van der Waals surface area contributed by atoms with Gasteiger partial charge in [-0.15, -0.1) is 0 Å². The van der Waals surface area contributed by atoms with Gasteiger partial charge < -0.3 is 9.47 Å².